The van der Waals surface area contributed by atoms with Crippen LogP contribution >= 0.6 is 34.4 Å². The number of thioether (sulfide) groups is 1. The topological polar surface area (TPSA) is 62.3 Å². The Morgan fingerprint density at radius 3 is 2.93 bits per heavy atom. The fourth-order valence-electron chi connectivity index (χ4n) is 2.84. The minimum absolute atomic E-state index is 0.222. The van der Waals surface area contributed by atoms with Crippen LogP contribution in [0, 0.1) is 5.82 Å². The van der Waals surface area contributed by atoms with Crippen LogP contribution in [-0.4, -0.2) is 39.4 Å². The van der Waals surface area contributed by atoms with Crippen LogP contribution in [-0.2, 0) is 11.3 Å². The molecule has 9 heteroatoms. The molecule has 1 atom stereocenters. The van der Waals surface area contributed by atoms with E-state index in [4.69, 9.17) is 0 Å². The number of nitrogens with one attached hydrogen (secondary N) is 1. The Kier molecular flexibility index (Phi) is 5.74. The maximum Gasteiger partial charge on any atom is 0.255 e. The summed E-state index contributed by atoms with van der Waals surface area (Å²) in [6.07, 6.45) is 0. The van der Waals surface area contributed by atoms with Crippen molar-refractivity contribution in [2.75, 3.05) is 11.6 Å². The lowest BCUT2D eigenvalue weighted by atomic mass is 10.1. The highest BCUT2D eigenvalue weighted by atomic mass is 32.2. The van der Waals surface area contributed by atoms with Crippen molar-refractivity contribution in [2.24, 2.45) is 0 Å². The van der Waals surface area contributed by atoms with Crippen molar-refractivity contribution in [1.29, 1.82) is 0 Å². The molecule has 0 bridgehead atoms. The molecule has 5 nitrogen and oxygen atoms in total. The second-order valence-corrected chi connectivity index (χ2v) is 8.95. The number of hydrogen-bond acceptors (Lipinski definition) is 6. The molecule has 1 aliphatic heterocycles. The van der Waals surface area contributed by atoms with Crippen molar-refractivity contribution in [1.82, 2.24) is 15.2 Å². The number of benzene rings is 1. The van der Waals surface area contributed by atoms with Crippen LogP contribution in [0.2, 0.25) is 0 Å². The summed E-state index contributed by atoms with van der Waals surface area (Å²) < 4.78 is 13.4. The van der Waals surface area contributed by atoms with Crippen LogP contribution in [0.4, 0.5) is 4.39 Å². The first kappa shape index (κ1) is 19.1. The lowest BCUT2D eigenvalue weighted by Gasteiger charge is -2.23. The number of aromatic nitrogens is 1. The Morgan fingerprint density at radius 2 is 2.14 bits per heavy atom. The van der Waals surface area contributed by atoms with E-state index in [-0.39, 0.29) is 17.4 Å². The fourth-order valence-corrected chi connectivity index (χ4v) is 5.63. The maximum absolute atomic E-state index is 13.4. The molecule has 1 saturated heterocycles. The summed E-state index contributed by atoms with van der Waals surface area (Å²) in [6.45, 7) is 0.309. The van der Waals surface area contributed by atoms with Crippen LogP contribution < -0.4 is 5.32 Å². The predicted octanol–water partition coefficient (Wildman–Crippen LogP) is 3.84. The van der Waals surface area contributed by atoms with Gasteiger partial charge < -0.3 is 10.2 Å². The minimum atomic E-state index is -0.573. The van der Waals surface area contributed by atoms with Gasteiger partial charge in [-0.25, -0.2) is 9.37 Å². The van der Waals surface area contributed by atoms with Gasteiger partial charge in [-0.1, -0.05) is 12.1 Å². The number of carbonyl (C=O) groups is 2. The van der Waals surface area contributed by atoms with Crippen LogP contribution in [0.1, 0.15) is 16.1 Å². The Bertz CT molecular complexity index is 990. The number of rotatable bonds is 5. The molecule has 0 spiro atoms. The van der Waals surface area contributed by atoms with Gasteiger partial charge in [-0.15, -0.1) is 34.4 Å². The summed E-state index contributed by atoms with van der Waals surface area (Å²) >= 11 is 4.67. The van der Waals surface area contributed by atoms with Gasteiger partial charge in [0.15, 0.2) is 0 Å². The zero-order chi connectivity index (χ0) is 19.5. The number of nitrogens with zero attached hydrogens (tertiary/aromatic N) is 2. The molecule has 1 aliphatic rings. The van der Waals surface area contributed by atoms with Gasteiger partial charge in [-0.3, -0.25) is 9.59 Å². The zero-order valence-electron chi connectivity index (χ0n) is 14.6. The van der Waals surface area contributed by atoms with E-state index in [1.54, 1.807) is 17.4 Å². The standard InChI is InChI=1S/C19H16FN3O2S3/c20-13-4-1-3-12(7-13)19(25)23-11-26-10-15(23)17(24)21-8-14-9-28-18(22-14)16-5-2-6-27-16/h1-7,9,15H,8,10-11H2,(H,21,24). The van der Waals surface area contributed by atoms with Crippen LogP contribution in [0.3, 0.4) is 0 Å². The maximum atomic E-state index is 13.4. The number of halogens is 1. The van der Waals surface area contributed by atoms with E-state index in [0.29, 0.717) is 18.2 Å². The highest BCUT2D eigenvalue weighted by molar-refractivity contribution is 7.99. The number of hydrogen-bond donors (Lipinski definition) is 1. The van der Waals surface area contributed by atoms with E-state index in [0.717, 1.165) is 15.6 Å². The summed E-state index contributed by atoms with van der Waals surface area (Å²) in [5.41, 5.74) is 1.04. The highest BCUT2D eigenvalue weighted by Crippen LogP contribution is 2.28. The summed E-state index contributed by atoms with van der Waals surface area (Å²) in [4.78, 5) is 32.5. The van der Waals surface area contributed by atoms with E-state index in [2.05, 4.69) is 10.3 Å². The Morgan fingerprint density at radius 1 is 1.25 bits per heavy atom. The summed E-state index contributed by atoms with van der Waals surface area (Å²) in [6, 6.07) is 8.96. The second kappa shape index (κ2) is 8.42. The highest BCUT2D eigenvalue weighted by Gasteiger charge is 2.35. The molecular weight excluding hydrogens is 417 g/mol. The third-order valence-electron chi connectivity index (χ3n) is 4.24. The Labute approximate surface area is 173 Å². The normalized spacial score (nSPS) is 16.3. The van der Waals surface area contributed by atoms with Gasteiger partial charge in [-0.2, -0.15) is 0 Å². The van der Waals surface area contributed by atoms with Crippen molar-refractivity contribution in [2.45, 2.75) is 12.6 Å². The molecule has 4 rings (SSSR count). The largest absolute Gasteiger partial charge is 0.349 e. The average Bonchev–Trinajstić information content (AvgIpc) is 3.46. The number of carbonyl (C=O) groups excluding carboxylic acids is 2. The van der Waals surface area contributed by atoms with Crippen molar-refractivity contribution < 1.29 is 14.0 Å². The van der Waals surface area contributed by atoms with Crippen LogP contribution in [0.25, 0.3) is 9.88 Å². The second-order valence-electron chi connectivity index (χ2n) is 6.14. The molecule has 2 aromatic heterocycles. The van der Waals surface area contributed by atoms with Crippen molar-refractivity contribution >= 4 is 46.2 Å². The van der Waals surface area contributed by atoms with Gasteiger partial charge in [0.05, 0.1) is 23.0 Å². The number of thiophene rings is 1. The van der Waals surface area contributed by atoms with Gasteiger partial charge in [0.25, 0.3) is 5.91 Å². The first-order valence-corrected chi connectivity index (χ1v) is 11.4. The van der Waals surface area contributed by atoms with Gasteiger partial charge in [0, 0.05) is 16.7 Å². The van der Waals surface area contributed by atoms with E-state index in [9.17, 15) is 14.0 Å². The predicted molar refractivity (Wildman–Crippen MR) is 111 cm³/mol. The van der Waals surface area contributed by atoms with Gasteiger partial charge in [0.1, 0.15) is 16.9 Å². The number of amides is 2. The van der Waals surface area contributed by atoms with Gasteiger partial charge >= 0.3 is 0 Å². The van der Waals surface area contributed by atoms with Gasteiger partial charge in [0.2, 0.25) is 5.91 Å². The quantitative estimate of drug-likeness (QED) is 0.664. The lowest BCUT2D eigenvalue weighted by molar-refractivity contribution is -0.124. The molecule has 1 aromatic carbocycles. The van der Waals surface area contributed by atoms with E-state index < -0.39 is 11.9 Å². The Balaban J connectivity index is 1.39. The average molecular weight is 434 g/mol. The molecule has 28 heavy (non-hydrogen) atoms. The molecule has 1 unspecified atom stereocenters. The Hall–Kier alpha value is -2.23. The lowest BCUT2D eigenvalue weighted by Crippen LogP contribution is -2.47. The molecule has 3 aromatic rings. The first-order chi connectivity index (χ1) is 13.6. The van der Waals surface area contributed by atoms with Crippen molar-refractivity contribution in [3.63, 3.8) is 0 Å². The molecule has 1 N–H and O–H groups in total. The number of thiazole rings is 1. The fraction of sp³-hybridized carbons (Fsp3) is 0.211. The molecule has 0 aliphatic carbocycles. The molecular formula is C19H16FN3O2S3. The van der Waals surface area contributed by atoms with Crippen LogP contribution in [0.15, 0.2) is 47.2 Å². The van der Waals surface area contributed by atoms with Crippen molar-refractivity contribution in [3.05, 3.63) is 64.2 Å². The van der Waals surface area contributed by atoms with E-state index in [1.807, 2.05) is 22.9 Å². The van der Waals surface area contributed by atoms with E-state index >= 15 is 0 Å². The molecule has 144 valence electrons. The molecule has 0 saturated carbocycles. The summed E-state index contributed by atoms with van der Waals surface area (Å²) in [7, 11) is 0. The van der Waals surface area contributed by atoms with Crippen LogP contribution in [0.5, 0.6) is 0 Å². The van der Waals surface area contributed by atoms with E-state index in [1.165, 1.54) is 46.2 Å². The van der Waals surface area contributed by atoms with Gasteiger partial charge in [-0.05, 0) is 29.6 Å². The molecule has 0 radical (unpaired) electrons. The monoisotopic (exact) mass is 433 g/mol. The third-order valence-corrected chi connectivity index (χ3v) is 7.19. The summed E-state index contributed by atoms with van der Waals surface area (Å²) in [5.74, 6) is -0.0978. The first-order valence-electron chi connectivity index (χ1n) is 8.52. The SMILES string of the molecule is O=C(NCc1csc(-c2cccs2)n1)C1CSCN1C(=O)c1cccc(F)c1. The third kappa shape index (κ3) is 4.11. The zero-order valence-corrected chi connectivity index (χ0v) is 17.1. The molecule has 2 amide bonds. The molecule has 3 heterocycles. The smallest absolute Gasteiger partial charge is 0.255 e. The van der Waals surface area contributed by atoms with Crippen molar-refractivity contribution in [3.8, 4) is 9.88 Å². The molecule has 1 fully saturated rings. The summed E-state index contributed by atoms with van der Waals surface area (Å²) in [5, 5.41) is 7.73. The minimum Gasteiger partial charge on any atom is -0.349 e.